The maximum absolute atomic E-state index is 12.1. The second-order valence-corrected chi connectivity index (χ2v) is 5.59. The van der Waals surface area contributed by atoms with E-state index in [1.165, 1.54) is 12.5 Å². The lowest BCUT2D eigenvalue weighted by atomic mass is 10.2. The fourth-order valence-electron chi connectivity index (χ4n) is 1.61. The van der Waals surface area contributed by atoms with Gasteiger partial charge in [0.2, 0.25) is 0 Å². The zero-order chi connectivity index (χ0) is 13.9. The van der Waals surface area contributed by atoms with Crippen LogP contribution >= 0.6 is 0 Å². The molecular formula is C12H15N3O3S. The predicted octanol–water partition coefficient (Wildman–Crippen LogP) is 1.20. The molecule has 2 aromatic rings. The number of nitrogens with zero attached hydrogens (tertiary/aromatic N) is 2. The minimum atomic E-state index is -3.73. The first-order valence-electron chi connectivity index (χ1n) is 5.80. The Hall–Kier alpha value is -1.86. The van der Waals surface area contributed by atoms with Gasteiger partial charge in [-0.25, -0.2) is 4.98 Å². The minimum Gasteiger partial charge on any atom is -0.392 e. The molecule has 1 heterocycles. The van der Waals surface area contributed by atoms with Gasteiger partial charge in [-0.2, -0.15) is 8.42 Å². The molecule has 0 atom stereocenters. The molecule has 1 aromatic carbocycles. The summed E-state index contributed by atoms with van der Waals surface area (Å²) in [5.41, 5.74) is 0.872. The monoisotopic (exact) mass is 281 g/mol. The highest BCUT2D eigenvalue weighted by Gasteiger charge is 2.18. The van der Waals surface area contributed by atoms with Crippen molar-refractivity contribution in [2.45, 2.75) is 25.1 Å². The molecule has 102 valence electrons. The Morgan fingerprint density at radius 3 is 2.74 bits per heavy atom. The number of para-hydroxylation sites is 1. The van der Waals surface area contributed by atoms with Crippen LogP contribution in [0.1, 0.15) is 12.5 Å². The number of aliphatic hydroxyl groups is 1. The molecule has 0 spiro atoms. The van der Waals surface area contributed by atoms with Crippen LogP contribution < -0.4 is 4.72 Å². The molecule has 19 heavy (non-hydrogen) atoms. The lowest BCUT2D eigenvalue weighted by molar-refractivity contribution is 0.282. The van der Waals surface area contributed by atoms with Crippen LogP contribution in [0.4, 0.5) is 5.69 Å². The van der Waals surface area contributed by atoms with Crippen molar-refractivity contribution >= 4 is 15.7 Å². The van der Waals surface area contributed by atoms with Crippen molar-refractivity contribution in [3.63, 3.8) is 0 Å². The third kappa shape index (κ3) is 2.94. The summed E-state index contributed by atoms with van der Waals surface area (Å²) in [6.07, 6.45) is 2.93. The molecule has 0 unspecified atom stereocenters. The van der Waals surface area contributed by atoms with E-state index in [-0.39, 0.29) is 11.6 Å². The first kappa shape index (κ1) is 13.6. The molecule has 0 saturated carbocycles. The zero-order valence-corrected chi connectivity index (χ0v) is 11.3. The number of anilines is 1. The van der Waals surface area contributed by atoms with Crippen LogP contribution in [0.5, 0.6) is 0 Å². The summed E-state index contributed by atoms with van der Waals surface area (Å²) < 4.78 is 28.4. The SMILES string of the molecule is CCn1cnc(S(=O)(=O)Nc2ccccc2CO)c1. The van der Waals surface area contributed by atoms with Gasteiger partial charge in [0, 0.05) is 18.3 Å². The molecule has 6 nitrogen and oxygen atoms in total. The highest BCUT2D eigenvalue weighted by Crippen LogP contribution is 2.19. The summed E-state index contributed by atoms with van der Waals surface area (Å²) in [5.74, 6) is 0. The summed E-state index contributed by atoms with van der Waals surface area (Å²) in [6, 6.07) is 6.68. The third-order valence-corrected chi connectivity index (χ3v) is 3.93. The minimum absolute atomic E-state index is 0.0397. The largest absolute Gasteiger partial charge is 0.392 e. The van der Waals surface area contributed by atoms with E-state index in [0.29, 0.717) is 17.8 Å². The number of aliphatic hydroxyl groups excluding tert-OH is 1. The molecular weight excluding hydrogens is 266 g/mol. The fraction of sp³-hybridized carbons (Fsp3) is 0.250. The zero-order valence-electron chi connectivity index (χ0n) is 10.4. The average molecular weight is 281 g/mol. The van der Waals surface area contributed by atoms with E-state index in [1.807, 2.05) is 6.92 Å². The maximum Gasteiger partial charge on any atom is 0.280 e. The summed E-state index contributed by atoms with van der Waals surface area (Å²) in [6.45, 7) is 2.31. The normalized spacial score (nSPS) is 11.5. The quantitative estimate of drug-likeness (QED) is 0.862. The molecule has 0 aliphatic carbocycles. The molecule has 1 aromatic heterocycles. The molecule has 0 radical (unpaired) electrons. The van der Waals surface area contributed by atoms with Gasteiger partial charge in [0.15, 0.2) is 5.03 Å². The first-order valence-corrected chi connectivity index (χ1v) is 7.28. The van der Waals surface area contributed by atoms with E-state index in [0.717, 1.165) is 0 Å². The van der Waals surface area contributed by atoms with Crippen molar-refractivity contribution in [2.24, 2.45) is 0 Å². The van der Waals surface area contributed by atoms with Gasteiger partial charge in [-0.05, 0) is 13.0 Å². The van der Waals surface area contributed by atoms with E-state index in [2.05, 4.69) is 9.71 Å². The first-order chi connectivity index (χ1) is 9.06. The molecule has 0 amide bonds. The molecule has 0 saturated heterocycles. The Kier molecular flexibility index (Phi) is 3.87. The van der Waals surface area contributed by atoms with Gasteiger partial charge in [-0.15, -0.1) is 0 Å². The number of hydrogen-bond donors (Lipinski definition) is 2. The van der Waals surface area contributed by atoms with Crippen LogP contribution in [-0.2, 0) is 23.2 Å². The lowest BCUT2D eigenvalue weighted by Gasteiger charge is -2.09. The summed E-state index contributed by atoms with van der Waals surface area (Å²) >= 11 is 0. The van der Waals surface area contributed by atoms with E-state index in [9.17, 15) is 13.5 Å². The smallest absolute Gasteiger partial charge is 0.280 e. The fourth-order valence-corrected chi connectivity index (χ4v) is 2.66. The van der Waals surface area contributed by atoms with Crippen LogP contribution in [0, 0.1) is 0 Å². The van der Waals surface area contributed by atoms with Gasteiger partial charge >= 0.3 is 0 Å². The highest BCUT2D eigenvalue weighted by molar-refractivity contribution is 7.92. The number of hydrogen-bond acceptors (Lipinski definition) is 4. The second kappa shape index (κ2) is 5.41. The van der Waals surface area contributed by atoms with Gasteiger partial charge in [-0.3, -0.25) is 4.72 Å². The van der Waals surface area contributed by atoms with Crippen molar-refractivity contribution in [2.75, 3.05) is 4.72 Å². The molecule has 7 heteroatoms. The number of aromatic nitrogens is 2. The number of sulfonamides is 1. The van der Waals surface area contributed by atoms with Crippen LogP contribution in [0.2, 0.25) is 0 Å². The maximum atomic E-state index is 12.1. The number of imidazole rings is 1. The number of nitrogens with one attached hydrogen (secondary N) is 1. The van der Waals surface area contributed by atoms with Crippen molar-refractivity contribution < 1.29 is 13.5 Å². The van der Waals surface area contributed by atoms with E-state index in [4.69, 9.17) is 0 Å². The van der Waals surface area contributed by atoms with Crippen molar-refractivity contribution in [3.8, 4) is 0 Å². The molecule has 0 fully saturated rings. The van der Waals surface area contributed by atoms with E-state index in [1.54, 1.807) is 28.8 Å². The molecule has 2 N–H and O–H groups in total. The van der Waals surface area contributed by atoms with Crippen LogP contribution in [0.3, 0.4) is 0 Å². The van der Waals surface area contributed by atoms with Gasteiger partial charge < -0.3 is 9.67 Å². The molecule has 2 rings (SSSR count). The summed E-state index contributed by atoms with van der Waals surface area (Å²) in [4.78, 5) is 3.86. The number of aryl methyl sites for hydroxylation is 1. The topological polar surface area (TPSA) is 84.2 Å². The Bertz CT molecular complexity index is 664. The van der Waals surface area contributed by atoms with Gasteiger partial charge in [0.05, 0.1) is 18.6 Å². The number of rotatable bonds is 5. The van der Waals surface area contributed by atoms with Crippen LogP contribution in [0.25, 0.3) is 0 Å². The van der Waals surface area contributed by atoms with E-state index >= 15 is 0 Å². The Morgan fingerprint density at radius 1 is 1.37 bits per heavy atom. The highest BCUT2D eigenvalue weighted by atomic mass is 32.2. The molecule has 0 aliphatic heterocycles. The summed E-state index contributed by atoms with van der Waals surface area (Å²) in [5, 5.41) is 9.13. The van der Waals surface area contributed by atoms with Crippen molar-refractivity contribution in [1.82, 2.24) is 9.55 Å². The lowest BCUT2D eigenvalue weighted by Crippen LogP contribution is -2.14. The Labute approximate surface area is 111 Å². The third-order valence-electron chi connectivity index (χ3n) is 2.68. The predicted molar refractivity (Wildman–Crippen MR) is 71.1 cm³/mol. The van der Waals surface area contributed by atoms with E-state index < -0.39 is 10.0 Å². The number of benzene rings is 1. The second-order valence-electron chi connectivity index (χ2n) is 3.96. The van der Waals surface area contributed by atoms with Gasteiger partial charge in [0.1, 0.15) is 0 Å². The molecule has 0 bridgehead atoms. The van der Waals surface area contributed by atoms with Crippen molar-refractivity contribution in [1.29, 1.82) is 0 Å². The average Bonchev–Trinajstić information content (AvgIpc) is 2.88. The van der Waals surface area contributed by atoms with Crippen molar-refractivity contribution in [3.05, 3.63) is 42.4 Å². The summed E-state index contributed by atoms with van der Waals surface area (Å²) in [7, 11) is -3.73. The van der Waals surface area contributed by atoms with Gasteiger partial charge in [-0.1, -0.05) is 18.2 Å². The van der Waals surface area contributed by atoms with Crippen LogP contribution in [0.15, 0.2) is 41.8 Å². The van der Waals surface area contributed by atoms with Crippen LogP contribution in [-0.4, -0.2) is 23.1 Å². The Morgan fingerprint density at radius 2 is 2.11 bits per heavy atom. The van der Waals surface area contributed by atoms with Gasteiger partial charge in [0.25, 0.3) is 10.0 Å². The molecule has 0 aliphatic rings. The standard InChI is InChI=1S/C12H15N3O3S/c1-2-15-7-12(13-9-15)19(17,18)14-11-6-4-3-5-10(11)8-16/h3-7,9,14,16H,2,8H2,1H3. The Balaban J connectivity index is 2.31.